The number of fused-ring (bicyclic) bond motifs is 1. The van der Waals surface area contributed by atoms with Gasteiger partial charge in [-0.25, -0.2) is 24.0 Å². The number of aliphatic carboxylic acids is 1. The molecule has 0 spiro atoms. The van der Waals surface area contributed by atoms with Crippen molar-refractivity contribution >= 4 is 43.9 Å². The number of benzene rings is 1. The van der Waals surface area contributed by atoms with E-state index < -0.39 is 21.8 Å². The number of halogens is 1. The van der Waals surface area contributed by atoms with Gasteiger partial charge in [0.15, 0.2) is 6.10 Å². The summed E-state index contributed by atoms with van der Waals surface area (Å²) in [5.74, 6) is 0.331. The first-order valence-corrected chi connectivity index (χ1v) is 12.0. The summed E-state index contributed by atoms with van der Waals surface area (Å²) in [7, 11) is -2.12. The Bertz CT molecular complexity index is 1290. The van der Waals surface area contributed by atoms with Crippen molar-refractivity contribution in [3.63, 3.8) is 0 Å². The van der Waals surface area contributed by atoms with Crippen molar-refractivity contribution in [3.8, 4) is 5.88 Å². The van der Waals surface area contributed by atoms with Crippen molar-refractivity contribution in [2.24, 2.45) is 4.36 Å². The number of aromatic nitrogens is 3. The average molecular weight is 461 g/mol. The van der Waals surface area contributed by atoms with Crippen LogP contribution in [0.2, 0.25) is 5.15 Å². The average Bonchev–Trinajstić information content (AvgIpc) is 2.68. The first-order chi connectivity index (χ1) is 14.7. The molecule has 0 bridgehead atoms. The fourth-order valence-electron chi connectivity index (χ4n) is 3.40. The van der Waals surface area contributed by atoms with Gasteiger partial charge in [0.25, 0.3) is 0 Å². The van der Waals surface area contributed by atoms with Crippen molar-refractivity contribution in [2.45, 2.75) is 32.8 Å². The number of carbonyl (C=O) groups is 1. The maximum Gasteiger partial charge on any atom is 0.344 e. The van der Waals surface area contributed by atoms with Crippen LogP contribution in [0.5, 0.6) is 5.88 Å². The predicted octanol–water partition coefficient (Wildman–Crippen LogP) is 3.93. The van der Waals surface area contributed by atoms with Gasteiger partial charge >= 0.3 is 5.97 Å². The minimum absolute atomic E-state index is 0.153. The minimum Gasteiger partial charge on any atom is -0.479 e. The highest BCUT2D eigenvalue weighted by Crippen LogP contribution is 2.31. The quantitative estimate of drug-likeness (QED) is 0.554. The third-order valence-electron chi connectivity index (χ3n) is 5.10. The van der Waals surface area contributed by atoms with Crippen LogP contribution in [0.15, 0.2) is 35.0 Å². The van der Waals surface area contributed by atoms with Gasteiger partial charge in [-0.3, -0.25) is 0 Å². The van der Waals surface area contributed by atoms with Gasteiger partial charge in [0, 0.05) is 28.9 Å². The van der Waals surface area contributed by atoms with E-state index in [4.69, 9.17) is 21.4 Å². The fourth-order valence-corrected chi connectivity index (χ4v) is 4.99. The highest BCUT2D eigenvalue weighted by atomic mass is 35.5. The van der Waals surface area contributed by atoms with E-state index in [1.54, 1.807) is 12.1 Å². The lowest BCUT2D eigenvalue weighted by molar-refractivity contribution is -0.144. The van der Waals surface area contributed by atoms with Gasteiger partial charge < -0.3 is 9.84 Å². The van der Waals surface area contributed by atoms with E-state index in [1.165, 1.54) is 13.3 Å². The van der Waals surface area contributed by atoms with E-state index in [2.05, 4.69) is 19.3 Å². The molecular weight excluding hydrogens is 440 g/mol. The molecule has 0 saturated carbocycles. The summed E-state index contributed by atoms with van der Waals surface area (Å²) in [4.78, 5) is 24.2. The van der Waals surface area contributed by atoms with Gasteiger partial charge in [-0.2, -0.15) is 4.36 Å². The van der Waals surface area contributed by atoms with Gasteiger partial charge in [0.05, 0.1) is 26.6 Å². The smallest absolute Gasteiger partial charge is 0.344 e. The molecule has 162 valence electrons. The normalized spacial score (nSPS) is 15.8. The molecule has 1 aromatic carbocycles. The Hall–Kier alpha value is -2.78. The number of carboxylic acids is 1. The number of nitrogens with zero attached hydrogens (tertiary/aromatic N) is 4. The second-order valence-corrected chi connectivity index (χ2v) is 10.4. The fraction of sp³-hybridized carbons (Fsp3) is 0.333. The third-order valence-corrected chi connectivity index (χ3v) is 7.70. The summed E-state index contributed by atoms with van der Waals surface area (Å²) in [5, 5.41) is 10.2. The maximum atomic E-state index is 12.5. The summed E-state index contributed by atoms with van der Waals surface area (Å²) in [6.07, 6.45) is 1.68. The standard InChI is InChI=1S/C21H21ClN4O4S/c1-12-8-15(26-31(29)6-3-7-31)10-17-19(12)16(23-11-24-17)9-14-4-5-18(22)25-20(14)30-13(2)21(27)28/h4-5,8,10-11,13H,3,6-7,9H2,1-2H3,(H,27,28)/t13-/m1/s1. The lowest BCUT2D eigenvalue weighted by atomic mass is 10.0. The number of aryl methyl sites for hydroxylation is 1. The zero-order chi connectivity index (χ0) is 22.2. The summed E-state index contributed by atoms with van der Waals surface area (Å²) in [5.41, 5.74) is 3.67. The Balaban J connectivity index is 1.74. The number of rotatable bonds is 6. The van der Waals surface area contributed by atoms with Crippen LogP contribution in [-0.2, 0) is 20.9 Å². The second-order valence-electron chi connectivity index (χ2n) is 7.48. The van der Waals surface area contributed by atoms with Crippen molar-refractivity contribution in [3.05, 3.63) is 52.6 Å². The molecule has 4 rings (SSSR count). The van der Waals surface area contributed by atoms with E-state index in [0.717, 1.165) is 23.1 Å². The topological polar surface area (TPSA) is 115 Å². The molecule has 1 saturated heterocycles. The van der Waals surface area contributed by atoms with Gasteiger partial charge in [-0.1, -0.05) is 17.7 Å². The molecule has 0 radical (unpaired) electrons. The molecule has 3 heterocycles. The number of hydrogen-bond acceptors (Lipinski definition) is 7. The van der Waals surface area contributed by atoms with Crippen molar-refractivity contribution in [1.29, 1.82) is 0 Å². The number of ether oxygens (including phenoxy) is 1. The highest BCUT2D eigenvalue weighted by Gasteiger charge is 2.21. The van der Waals surface area contributed by atoms with E-state index in [-0.39, 0.29) is 11.0 Å². The molecule has 10 heteroatoms. The van der Waals surface area contributed by atoms with Crippen LogP contribution in [0.3, 0.4) is 0 Å². The van der Waals surface area contributed by atoms with Crippen LogP contribution in [0, 0.1) is 6.92 Å². The summed E-state index contributed by atoms with van der Waals surface area (Å²) in [6.45, 7) is 3.36. The third kappa shape index (κ3) is 4.62. The Morgan fingerprint density at radius 3 is 2.77 bits per heavy atom. The molecular formula is C21H21ClN4O4S. The monoisotopic (exact) mass is 460 g/mol. The highest BCUT2D eigenvalue weighted by molar-refractivity contribution is 7.95. The lowest BCUT2D eigenvalue weighted by Crippen LogP contribution is -2.24. The van der Waals surface area contributed by atoms with Crippen LogP contribution in [0.4, 0.5) is 5.69 Å². The summed E-state index contributed by atoms with van der Waals surface area (Å²) >= 11 is 5.99. The number of pyridine rings is 1. The Labute approximate surface area is 184 Å². The first-order valence-electron chi connectivity index (χ1n) is 9.76. The number of hydrogen-bond donors (Lipinski definition) is 1. The Morgan fingerprint density at radius 1 is 1.32 bits per heavy atom. The molecule has 3 aromatic rings. The minimum atomic E-state index is -2.12. The molecule has 1 atom stereocenters. The molecule has 1 N–H and O–H groups in total. The van der Waals surface area contributed by atoms with E-state index >= 15 is 0 Å². The van der Waals surface area contributed by atoms with Gasteiger partial charge in [-0.15, -0.1) is 0 Å². The van der Waals surface area contributed by atoms with Crippen molar-refractivity contribution in [1.82, 2.24) is 15.0 Å². The SMILES string of the molecule is Cc1cc(N=S2(=O)CCC2)cc2ncnc(Cc3ccc(Cl)nc3O[C@H](C)C(=O)O)c12. The summed E-state index contributed by atoms with van der Waals surface area (Å²) < 4.78 is 22.5. The van der Waals surface area contributed by atoms with E-state index in [1.807, 2.05) is 19.1 Å². The Kier molecular flexibility index (Phi) is 5.81. The van der Waals surface area contributed by atoms with Crippen LogP contribution < -0.4 is 4.74 Å². The predicted molar refractivity (Wildman–Crippen MR) is 119 cm³/mol. The van der Waals surface area contributed by atoms with Crippen LogP contribution in [0.1, 0.15) is 30.2 Å². The van der Waals surface area contributed by atoms with Gasteiger partial charge in [-0.05, 0) is 44.0 Å². The van der Waals surface area contributed by atoms with Crippen LogP contribution in [-0.4, -0.2) is 47.8 Å². The second kappa shape index (κ2) is 8.39. The molecule has 0 amide bonds. The summed E-state index contributed by atoms with van der Waals surface area (Å²) in [6, 6.07) is 7.08. The molecule has 1 aliphatic rings. The zero-order valence-electron chi connectivity index (χ0n) is 17.0. The molecule has 8 nitrogen and oxygen atoms in total. The molecule has 0 unspecified atom stereocenters. The zero-order valence-corrected chi connectivity index (χ0v) is 18.6. The lowest BCUT2D eigenvalue weighted by Gasteiger charge is -2.18. The van der Waals surface area contributed by atoms with Crippen LogP contribution in [0.25, 0.3) is 10.9 Å². The molecule has 31 heavy (non-hydrogen) atoms. The number of carboxylic acid groups (broad SMARTS) is 1. The molecule has 2 aromatic heterocycles. The van der Waals surface area contributed by atoms with Crippen molar-refractivity contribution < 1.29 is 18.8 Å². The largest absolute Gasteiger partial charge is 0.479 e. The van der Waals surface area contributed by atoms with Gasteiger partial charge in [0.2, 0.25) is 5.88 Å². The molecule has 1 fully saturated rings. The maximum absolute atomic E-state index is 12.5. The van der Waals surface area contributed by atoms with Gasteiger partial charge in [0.1, 0.15) is 11.5 Å². The van der Waals surface area contributed by atoms with E-state index in [9.17, 15) is 9.00 Å². The van der Waals surface area contributed by atoms with E-state index in [0.29, 0.717) is 34.7 Å². The molecule has 1 aliphatic heterocycles. The van der Waals surface area contributed by atoms with Crippen molar-refractivity contribution in [2.75, 3.05) is 11.5 Å². The molecule has 0 aliphatic carbocycles. The Morgan fingerprint density at radius 2 is 2.10 bits per heavy atom. The first kappa shape index (κ1) is 21.5. The van der Waals surface area contributed by atoms with Crippen LogP contribution >= 0.6 is 11.6 Å².